The second-order valence-electron chi connectivity index (χ2n) is 6.34. The number of pyridine rings is 1. The molecule has 0 unspecified atom stereocenters. The van der Waals surface area contributed by atoms with Crippen molar-refractivity contribution in [3.05, 3.63) is 53.6 Å². The Balaban J connectivity index is 1.49. The molecule has 2 heterocycles. The van der Waals surface area contributed by atoms with E-state index in [0.717, 1.165) is 32.4 Å². The zero-order chi connectivity index (χ0) is 20.4. The molecule has 1 N–H and O–H groups in total. The number of amides is 1. The van der Waals surface area contributed by atoms with E-state index >= 15 is 0 Å². The van der Waals surface area contributed by atoms with E-state index in [-0.39, 0.29) is 11.7 Å². The van der Waals surface area contributed by atoms with Crippen LogP contribution in [0.4, 0.5) is 5.13 Å². The fraction of sp³-hybridized carbons (Fsp3) is 0.143. The van der Waals surface area contributed by atoms with E-state index in [2.05, 4.69) is 21.4 Å². The number of rotatable bonds is 5. The van der Waals surface area contributed by atoms with Crippen LogP contribution in [-0.2, 0) is 4.79 Å². The number of hydrogen-bond donors (Lipinski definition) is 1. The molecule has 0 aliphatic rings. The molecule has 2 aromatic heterocycles. The molecule has 4 rings (SSSR count). The summed E-state index contributed by atoms with van der Waals surface area (Å²) in [5.41, 5.74) is 3.17. The lowest BCUT2D eigenvalue weighted by atomic mass is 10.1. The summed E-state index contributed by atoms with van der Waals surface area (Å²) in [6, 6.07) is 15.5. The Morgan fingerprint density at radius 1 is 1.21 bits per heavy atom. The van der Waals surface area contributed by atoms with Gasteiger partial charge in [0, 0.05) is 5.39 Å². The van der Waals surface area contributed by atoms with Gasteiger partial charge in [-0.05, 0) is 42.8 Å². The van der Waals surface area contributed by atoms with Gasteiger partial charge in [-0.2, -0.15) is 5.26 Å². The Hall–Kier alpha value is -3.15. The zero-order valence-electron chi connectivity index (χ0n) is 15.7. The third-order valence-electron chi connectivity index (χ3n) is 4.24. The van der Waals surface area contributed by atoms with Crippen molar-refractivity contribution in [3.8, 4) is 11.8 Å². The molecule has 0 radical (unpaired) electrons. The highest BCUT2D eigenvalue weighted by molar-refractivity contribution is 8.00. The van der Waals surface area contributed by atoms with Gasteiger partial charge >= 0.3 is 0 Å². The zero-order valence-corrected chi connectivity index (χ0v) is 17.4. The maximum atomic E-state index is 12.4. The van der Waals surface area contributed by atoms with Gasteiger partial charge in [0.15, 0.2) is 5.13 Å². The minimum atomic E-state index is -0.198. The highest BCUT2D eigenvalue weighted by Gasteiger charge is 2.13. The van der Waals surface area contributed by atoms with Gasteiger partial charge in [0.05, 0.1) is 34.2 Å². The van der Waals surface area contributed by atoms with Crippen LogP contribution in [0.3, 0.4) is 0 Å². The van der Waals surface area contributed by atoms with Gasteiger partial charge in [0.25, 0.3) is 0 Å². The normalized spacial score (nSPS) is 10.8. The van der Waals surface area contributed by atoms with Gasteiger partial charge < -0.3 is 10.1 Å². The van der Waals surface area contributed by atoms with Crippen molar-refractivity contribution < 1.29 is 9.53 Å². The standard InChI is InChI=1S/C21H16N4O2S2/c1-12-3-4-13-8-14(10-22)20(23-17(13)7-12)28-11-19(26)25-21-24-16-6-5-15(27-2)9-18(16)29-21/h3-9H,11H2,1-2H3,(H,24,25,26). The third kappa shape index (κ3) is 4.16. The van der Waals surface area contributed by atoms with Gasteiger partial charge in [-0.25, -0.2) is 9.97 Å². The van der Waals surface area contributed by atoms with Crippen molar-refractivity contribution in [2.75, 3.05) is 18.2 Å². The number of aromatic nitrogens is 2. The summed E-state index contributed by atoms with van der Waals surface area (Å²) in [5, 5.41) is 14.2. The van der Waals surface area contributed by atoms with Crippen molar-refractivity contribution in [1.82, 2.24) is 9.97 Å². The molecule has 0 atom stereocenters. The quantitative estimate of drug-likeness (QED) is 0.468. The monoisotopic (exact) mass is 420 g/mol. The number of nitriles is 1. The van der Waals surface area contributed by atoms with Gasteiger partial charge in [0.2, 0.25) is 5.91 Å². The van der Waals surface area contributed by atoms with E-state index in [9.17, 15) is 10.1 Å². The fourth-order valence-corrected chi connectivity index (χ4v) is 4.50. The van der Waals surface area contributed by atoms with Crippen molar-refractivity contribution in [2.45, 2.75) is 11.9 Å². The van der Waals surface area contributed by atoms with Crippen LogP contribution in [0, 0.1) is 18.3 Å². The maximum Gasteiger partial charge on any atom is 0.236 e. The number of carbonyl (C=O) groups excluding carboxylic acids is 1. The molecule has 1 amide bonds. The maximum absolute atomic E-state index is 12.4. The van der Waals surface area contributed by atoms with Gasteiger partial charge in [0.1, 0.15) is 16.8 Å². The minimum Gasteiger partial charge on any atom is -0.497 e. The number of carbonyl (C=O) groups is 1. The van der Waals surface area contributed by atoms with E-state index < -0.39 is 0 Å². The van der Waals surface area contributed by atoms with Crippen LogP contribution in [0.5, 0.6) is 5.75 Å². The molecule has 0 saturated heterocycles. The number of aryl methyl sites for hydroxylation is 1. The van der Waals surface area contributed by atoms with Crippen LogP contribution in [0.1, 0.15) is 11.1 Å². The molecule has 0 aliphatic heterocycles. The summed E-state index contributed by atoms with van der Waals surface area (Å²) < 4.78 is 6.15. The van der Waals surface area contributed by atoms with Crippen LogP contribution in [-0.4, -0.2) is 28.7 Å². The third-order valence-corrected chi connectivity index (χ3v) is 6.17. The van der Waals surface area contributed by atoms with Crippen molar-refractivity contribution in [2.24, 2.45) is 0 Å². The highest BCUT2D eigenvalue weighted by Crippen LogP contribution is 2.30. The summed E-state index contributed by atoms with van der Waals surface area (Å²) in [4.78, 5) is 21.4. The van der Waals surface area contributed by atoms with Gasteiger partial charge in [-0.15, -0.1) is 0 Å². The number of nitrogens with one attached hydrogen (secondary N) is 1. The molecule has 0 aliphatic carbocycles. The van der Waals surface area contributed by atoms with E-state index in [1.807, 2.05) is 49.4 Å². The highest BCUT2D eigenvalue weighted by atomic mass is 32.2. The SMILES string of the molecule is COc1ccc2nc(NC(=O)CSc3nc4cc(C)ccc4cc3C#N)sc2c1. The average molecular weight is 421 g/mol. The number of benzene rings is 2. The van der Waals surface area contributed by atoms with Crippen LogP contribution in [0.15, 0.2) is 47.5 Å². The lowest BCUT2D eigenvalue weighted by molar-refractivity contribution is -0.113. The first-order valence-corrected chi connectivity index (χ1v) is 10.5. The topological polar surface area (TPSA) is 87.9 Å². The first-order chi connectivity index (χ1) is 14.1. The molecule has 4 aromatic rings. The Morgan fingerprint density at radius 3 is 2.86 bits per heavy atom. The number of ether oxygens (including phenoxy) is 1. The van der Waals surface area contributed by atoms with Gasteiger partial charge in [-0.1, -0.05) is 35.2 Å². The van der Waals surface area contributed by atoms with Crippen LogP contribution >= 0.6 is 23.1 Å². The van der Waals surface area contributed by atoms with Crippen molar-refractivity contribution in [3.63, 3.8) is 0 Å². The molecule has 6 nitrogen and oxygen atoms in total. The van der Waals surface area contributed by atoms with Crippen molar-refractivity contribution in [1.29, 1.82) is 5.26 Å². The lowest BCUT2D eigenvalue weighted by Crippen LogP contribution is -2.14. The van der Waals surface area contributed by atoms with Crippen LogP contribution in [0.25, 0.3) is 21.1 Å². The molecule has 0 saturated carbocycles. The fourth-order valence-electron chi connectivity index (χ4n) is 2.82. The Morgan fingerprint density at radius 2 is 2.07 bits per heavy atom. The molecular formula is C21H16N4O2S2. The van der Waals surface area contributed by atoms with E-state index in [4.69, 9.17) is 4.74 Å². The number of anilines is 1. The smallest absolute Gasteiger partial charge is 0.236 e. The minimum absolute atomic E-state index is 0.137. The first kappa shape index (κ1) is 19.2. The summed E-state index contributed by atoms with van der Waals surface area (Å²) >= 11 is 2.63. The molecule has 8 heteroatoms. The molecule has 0 spiro atoms. The summed E-state index contributed by atoms with van der Waals surface area (Å²) in [5.74, 6) is 0.686. The Kier molecular flexibility index (Phi) is 5.34. The van der Waals surface area contributed by atoms with Crippen LogP contribution < -0.4 is 10.1 Å². The number of thiazole rings is 1. The summed E-state index contributed by atoms with van der Waals surface area (Å²) in [6.07, 6.45) is 0. The number of hydrogen-bond acceptors (Lipinski definition) is 7. The van der Waals surface area contributed by atoms with Gasteiger partial charge in [-0.3, -0.25) is 4.79 Å². The Labute approximate surface area is 175 Å². The number of fused-ring (bicyclic) bond motifs is 2. The lowest BCUT2D eigenvalue weighted by Gasteiger charge is -2.06. The first-order valence-electron chi connectivity index (χ1n) is 8.74. The van der Waals surface area contributed by atoms with Crippen molar-refractivity contribution >= 4 is 55.3 Å². The molecule has 2 aromatic carbocycles. The molecule has 144 valence electrons. The Bertz CT molecular complexity index is 1280. The number of thioether (sulfide) groups is 1. The largest absolute Gasteiger partial charge is 0.497 e. The molecule has 0 fully saturated rings. The average Bonchev–Trinajstić information content (AvgIpc) is 3.12. The second-order valence-corrected chi connectivity index (χ2v) is 8.33. The molecule has 0 bridgehead atoms. The van der Waals surface area contributed by atoms with E-state index in [1.165, 1.54) is 23.1 Å². The number of nitrogens with zero attached hydrogens (tertiary/aromatic N) is 3. The summed E-state index contributed by atoms with van der Waals surface area (Å²) in [7, 11) is 1.61. The van der Waals surface area contributed by atoms with Crippen LogP contribution in [0.2, 0.25) is 0 Å². The second kappa shape index (κ2) is 8.07. The molecule has 29 heavy (non-hydrogen) atoms. The predicted octanol–water partition coefficient (Wildman–Crippen LogP) is 4.76. The number of methoxy groups -OCH3 is 1. The van der Waals surface area contributed by atoms with E-state index in [0.29, 0.717) is 15.7 Å². The predicted molar refractivity (Wildman–Crippen MR) is 117 cm³/mol. The summed E-state index contributed by atoms with van der Waals surface area (Å²) in [6.45, 7) is 1.99. The molecular weight excluding hydrogens is 404 g/mol. The van der Waals surface area contributed by atoms with E-state index in [1.54, 1.807) is 7.11 Å².